The van der Waals surface area contributed by atoms with E-state index in [4.69, 9.17) is 11.6 Å². The number of hydrogen-bond donors (Lipinski definition) is 1. The highest BCUT2D eigenvalue weighted by molar-refractivity contribution is 6.29. The van der Waals surface area contributed by atoms with E-state index in [1.807, 2.05) is 20.8 Å². The summed E-state index contributed by atoms with van der Waals surface area (Å²) in [5.41, 5.74) is -2.23. The number of rotatable bonds is 2. The van der Waals surface area contributed by atoms with E-state index in [0.29, 0.717) is 5.82 Å². The molecule has 0 aliphatic heterocycles. The smallest absolute Gasteiger partial charge is 0.356 e. The van der Waals surface area contributed by atoms with Crippen LogP contribution in [0.3, 0.4) is 0 Å². The van der Waals surface area contributed by atoms with Crippen LogP contribution in [0.25, 0.3) is 0 Å². The lowest BCUT2D eigenvalue weighted by atomic mass is 9.96. The van der Waals surface area contributed by atoms with Gasteiger partial charge in [-0.15, -0.1) is 0 Å². The number of nitrogens with one attached hydrogen (secondary N) is 1. The normalized spacial score (nSPS) is 18.3. The zero-order valence-corrected chi connectivity index (χ0v) is 11.7. The van der Waals surface area contributed by atoms with Crippen LogP contribution in [0.1, 0.15) is 39.4 Å². The molecule has 106 valence electrons. The third kappa shape index (κ3) is 2.94. The van der Waals surface area contributed by atoms with Gasteiger partial charge < -0.3 is 5.32 Å². The Balaban J connectivity index is 2.30. The van der Waals surface area contributed by atoms with Crippen molar-refractivity contribution in [3.63, 3.8) is 0 Å². The number of anilines is 1. The highest BCUT2D eigenvalue weighted by atomic mass is 35.5. The van der Waals surface area contributed by atoms with E-state index < -0.39 is 11.7 Å². The van der Waals surface area contributed by atoms with Gasteiger partial charge in [-0.3, -0.25) is 0 Å². The summed E-state index contributed by atoms with van der Waals surface area (Å²) < 4.78 is 38.6. The molecule has 0 spiro atoms. The Labute approximate surface area is 114 Å². The molecule has 19 heavy (non-hydrogen) atoms. The average molecular weight is 294 g/mol. The number of halogens is 4. The predicted octanol–water partition coefficient (Wildman–Crippen LogP) is 3.93. The van der Waals surface area contributed by atoms with Crippen molar-refractivity contribution in [1.82, 2.24) is 9.97 Å². The molecule has 1 aliphatic carbocycles. The van der Waals surface area contributed by atoms with Gasteiger partial charge >= 0.3 is 6.18 Å². The maximum Gasteiger partial charge on any atom is 0.411 e. The molecule has 7 heteroatoms. The van der Waals surface area contributed by atoms with Gasteiger partial charge in [0.1, 0.15) is 22.3 Å². The van der Waals surface area contributed by atoms with Gasteiger partial charge in [0, 0.05) is 11.5 Å². The van der Waals surface area contributed by atoms with Crippen molar-refractivity contribution in [2.24, 2.45) is 0 Å². The Morgan fingerprint density at radius 3 is 2.21 bits per heavy atom. The molecule has 0 atom stereocenters. The maximum atomic E-state index is 12.9. The molecule has 1 aliphatic rings. The van der Waals surface area contributed by atoms with Crippen LogP contribution in [-0.2, 0) is 5.41 Å². The molecule has 1 heterocycles. The van der Waals surface area contributed by atoms with E-state index in [2.05, 4.69) is 15.3 Å². The molecule has 0 bridgehead atoms. The number of hydrogen-bond acceptors (Lipinski definition) is 3. The molecule has 1 aromatic rings. The molecule has 0 saturated heterocycles. The molecule has 0 unspecified atom stereocenters. The molecule has 2 rings (SSSR count). The zero-order chi connectivity index (χ0) is 14.5. The quantitative estimate of drug-likeness (QED) is 0.840. The lowest BCUT2D eigenvalue weighted by Gasteiger charge is -2.23. The second kappa shape index (κ2) is 4.23. The van der Waals surface area contributed by atoms with Crippen molar-refractivity contribution >= 4 is 17.4 Å². The van der Waals surface area contributed by atoms with Gasteiger partial charge in [0.05, 0.1) is 0 Å². The van der Waals surface area contributed by atoms with Gasteiger partial charge in [0.2, 0.25) is 0 Å². The summed E-state index contributed by atoms with van der Waals surface area (Å²) in [6.07, 6.45) is -4.17. The monoisotopic (exact) mass is 293 g/mol. The zero-order valence-electron chi connectivity index (χ0n) is 10.9. The lowest BCUT2D eigenvalue weighted by molar-refractivity contribution is -0.151. The fraction of sp³-hybridized carbons (Fsp3) is 0.667. The van der Waals surface area contributed by atoms with Gasteiger partial charge in [-0.05, 0) is 12.8 Å². The van der Waals surface area contributed by atoms with Crippen LogP contribution in [0.2, 0.25) is 5.15 Å². The minimum atomic E-state index is -4.29. The first-order chi connectivity index (χ1) is 8.53. The number of aromatic nitrogens is 2. The summed E-state index contributed by atoms with van der Waals surface area (Å²) in [5.74, 6) is 0.542. The Kier molecular flexibility index (Phi) is 3.20. The lowest BCUT2D eigenvalue weighted by Crippen LogP contribution is -2.39. The van der Waals surface area contributed by atoms with Crippen molar-refractivity contribution in [2.45, 2.75) is 50.7 Å². The van der Waals surface area contributed by atoms with Crippen LogP contribution in [0.5, 0.6) is 0 Å². The van der Waals surface area contributed by atoms with E-state index in [9.17, 15) is 13.2 Å². The highest BCUT2D eigenvalue weighted by Gasteiger charge is 2.63. The predicted molar refractivity (Wildman–Crippen MR) is 67.4 cm³/mol. The largest absolute Gasteiger partial charge is 0.411 e. The Hall–Kier alpha value is -1.04. The van der Waals surface area contributed by atoms with Crippen molar-refractivity contribution in [3.05, 3.63) is 17.0 Å². The second-order valence-electron chi connectivity index (χ2n) is 5.85. The Morgan fingerprint density at radius 1 is 1.21 bits per heavy atom. The molecular weight excluding hydrogens is 279 g/mol. The molecule has 1 N–H and O–H groups in total. The molecule has 1 saturated carbocycles. The first-order valence-electron chi connectivity index (χ1n) is 5.93. The summed E-state index contributed by atoms with van der Waals surface area (Å²) in [7, 11) is 0. The minimum Gasteiger partial charge on any atom is -0.356 e. The van der Waals surface area contributed by atoms with Crippen LogP contribution in [0, 0.1) is 0 Å². The fourth-order valence-corrected chi connectivity index (χ4v) is 1.85. The average Bonchev–Trinajstić information content (AvgIpc) is 2.95. The van der Waals surface area contributed by atoms with E-state index in [1.165, 1.54) is 6.07 Å². The van der Waals surface area contributed by atoms with Crippen molar-refractivity contribution in [2.75, 3.05) is 5.32 Å². The molecule has 3 nitrogen and oxygen atoms in total. The number of alkyl halides is 3. The SMILES string of the molecule is CC(C)(C)c1nc(Cl)cc(NC2(C(F)(F)F)CC2)n1. The van der Waals surface area contributed by atoms with Crippen LogP contribution >= 0.6 is 11.6 Å². The molecular formula is C12H15ClF3N3. The van der Waals surface area contributed by atoms with Crippen LogP contribution in [-0.4, -0.2) is 21.7 Å². The van der Waals surface area contributed by atoms with E-state index in [-0.39, 0.29) is 29.2 Å². The van der Waals surface area contributed by atoms with E-state index in [0.717, 1.165) is 0 Å². The topological polar surface area (TPSA) is 37.8 Å². The van der Waals surface area contributed by atoms with Gasteiger partial charge in [-0.1, -0.05) is 32.4 Å². The Bertz CT molecular complexity index is 490. The third-order valence-corrected chi connectivity index (χ3v) is 3.22. The van der Waals surface area contributed by atoms with E-state index in [1.54, 1.807) is 0 Å². The van der Waals surface area contributed by atoms with Gasteiger partial charge in [-0.25, -0.2) is 9.97 Å². The molecule has 1 aromatic heterocycles. The Morgan fingerprint density at radius 2 is 1.79 bits per heavy atom. The van der Waals surface area contributed by atoms with Crippen LogP contribution in [0.15, 0.2) is 6.07 Å². The van der Waals surface area contributed by atoms with Gasteiger partial charge in [-0.2, -0.15) is 13.2 Å². The van der Waals surface area contributed by atoms with E-state index >= 15 is 0 Å². The molecule has 0 amide bonds. The first-order valence-corrected chi connectivity index (χ1v) is 6.31. The fourth-order valence-electron chi connectivity index (χ4n) is 1.67. The van der Waals surface area contributed by atoms with Crippen molar-refractivity contribution in [1.29, 1.82) is 0 Å². The maximum absolute atomic E-state index is 12.9. The first kappa shape index (κ1) is 14.4. The second-order valence-corrected chi connectivity index (χ2v) is 6.24. The summed E-state index contributed by atoms with van der Waals surface area (Å²) >= 11 is 5.85. The standard InChI is InChI=1S/C12H15ClF3N3/c1-10(2,3)9-17-7(13)6-8(18-9)19-11(4-5-11)12(14,15)16/h6H,4-5H2,1-3H3,(H,17,18,19). The summed E-state index contributed by atoms with van der Waals surface area (Å²) in [6.45, 7) is 5.62. The molecule has 0 aromatic carbocycles. The summed E-state index contributed by atoms with van der Waals surface area (Å²) in [5, 5.41) is 2.60. The van der Waals surface area contributed by atoms with Crippen molar-refractivity contribution < 1.29 is 13.2 Å². The van der Waals surface area contributed by atoms with Crippen LogP contribution < -0.4 is 5.32 Å². The molecule has 1 fully saturated rings. The highest BCUT2D eigenvalue weighted by Crippen LogP contribution is 2.51. The third-order valence-electron chi connectivity index (χ3n) is 3.03. The summed E-state index contributed by atoms with van der Waals surface area (Å²) in [4.78, 5) is 8.19. The van der Waals surface area contributed by atoms with Crippen molar-refractivity contribution in [3.8, 4) is 0 Å². The molecule has 0 radical (unpaired) electrons. The van der Waals surface area contributed by atoms with Gasteiger partial charge in [0.25, 0.3) is 0 Å². The summed E-state index contributed by atoms with van der Waals surface area (Å²) in [6, 6.07) is 1.32. The van der Waals surface area contributed by atoms with Gasteiger partial charge in [0.15, 0.2) is 0 Å². The van der Waals surface area contributed by atoms with Crippen LogP contribution in [0.4, 0.5) is 19.0 Å². The number of nitrogens with zero attached hydrogens (tertiary/aromatic N) is 2. The minimum absolute atomic E-state index is 0.0585.